The Balaban J connectivity index is 1.76. The van der Waals surface area contributed by atoms with Gasteiger partial charge < -0.3 is 21.4 Å². The molecule has 1 fully saturated rings. The molecule has 3 heterocycles. The van der Waals surface area contributed by atoms with E-state index >= 15 is 0 Å². The van der Waals surface area contributed by atoms with Crippen molar-refractivity contribution in [1.29, 1.82) is 0 Å². The van der Waals surface area contributed by atoms with E-state index in [0.717, 1.165) is 16.2 Å². The van der Waals surface area contributed by atoms with Crippen molar-refractivity contribution in [1.82, 2.24) is 15.2 Å². The monoisotopic (exact) mass is 385 g/mol. The molecule has 25 heavy (non-hydrogen) atoms. The van der Waals surface area contributed by atoms with Crippen LogP contribution >= 0.6 is 22.9 Å². The van der Waals surface area contributed by atoms with Gasteiger partial charge in [0, 0.05) is 10.4 Å². The minimum absolute atomic E-state index is 0.0731. The van der Waals surface area contributed by atoms with E-state index in [0.29, 0.717) is 6.42 Å². The number of anilines is 1. The number of carbonyl (C=O) groups excluding carboxylic acids is 2. The largest absolute Gasteiger partial charge is 0.477 e. The number of nitrogen functional groups attached to an aromatic ring is 1. The van der Waals surface area contributed by atoms with Gasteiger partial charge in [0.05, 0.1) is 6.04 Å². The fourth-order valence-corrected chi connectivity index (χ4v) is 3.66. The molecule has 2 amide bonds. The van der Waals surface area contributed by atoms with Crippen molar-refractivity contribution in [3.05, 3.63) is 21.8 Å². The van der Waals surface area contributed by atoms with E-state index in [9.17, 15) is 19.5 Å². The van der Waals surface area contributed by atoms with Gasteiger partial charge >= 0.3 is 5.97 Å². The van der Waals surface area contributed by atoms with E-state index in [1.807, 2.05) is 0 Å². The van der Waals surface area contributed by atoms with Crippen molar-refractivity contribution in [3.63, 3.8) is 0 Å². The lowest BCUT2D eigenvalue weighted by atomic mass is 9.86. The number of nitrogens with zero attached hydrogens (tertiary/aromatic N) is 3. The summed E-state index contributed by atoms with van der Waals surface area (Å²) in [6, 6.07) is -1.45. The molecule has 0 bridgehead atoms. The van der Waals surface area contributed by atoms with Crippen molar-refractivity contribution in [2.75, 3.05) is 5.73 Å². The van der Waals surface area contributed by atoms with E-state index in [-0.39, 0.29) is 33.7 Å². The van der Waals surface area contributed by atoms with Gasteiger partial charge in [-0.15, -0.1) is 11.3 Å². The molecule has 0 aromatic carbocycles. The third-order valence-electron chi connectivity index (χ3n) is 3.95. The summed E-state index contributed by atoms with van der Waals surface area (Å²) in [5.74, 6) is -2.71. The van der Waals surface area contributed by atoms with Crippen LogP contribution in [0.2, 0.25) is 0 Å². The summed E-state index contributed by atoms with van der Waals surface area (Å²) in [6.45, 7) is 0. The topological polar surface area (TPSA) is 158 Å². The minimum atomic E-state index is -1.30. The summed E-state index contributed by atoms with van der Waals surface area (Å²) in [5, 5.41) is 25.3. The number of carboxylic acids is 1. The van der Waals surface area contributed by atoms with Crippen LogP contribution in [0.15, 0.2) is 21.3 Å². The lowest BCUT2D eigenvalue weighted by molar-refractivity contribution is -0.155. The van der Waals surface area contributed by atoms with Gasteiger partial charge in [-0.05, 0) is 12.8 Å². The number of hydrogen-bond donors (Lipinski definition) is 4. The van der Waals surface area contributed by atoms with Crippen LogP contribution in [0.3, 0.4) is 0 Å². The SMILES string of the molecule is Nc1nc(/C(=N/O)C(=O)N[C@@H]2C(=O)N3C(C(=O)O)=C(Cl)CC[C@H]23)cs1. The first-order chi connectivity index (χ1) is 11.8. The number of aliphatic carboxylic acids is 1. The summed E-state index contributed by atoms with van der Waals surface area (Å²) >= 11 is 6.95. The zero-order chi connectivity index (χ0) is 18.3. The van der Waals surface area contributed by atoms with Gasteiger partial charge in [-0.1, -0.05) is 16.8 Å². The molecule has 5 N–H and O–H groups in total. The molecule has 0 radical (unpaired) electrons. The Labute approximate surface area is 149 Å². The molecule has 0 unspecified atom stereocenters. The number of β-lactam (4-membered cyclic amide) rings is 1. The number of carboxylic acid groups (broad SMARTS) is 1. The lowest BCUT2D eigenvalue weighted by Gasteiger charge is -2.49. The second-order valence-corrected chi connectivity index (χ2v) is 6.69. The first-order valence-electron chi connectivity index (χ1n) is 7.04. The highest BCUT2D eigenvalue weighted by atomic mass is 35.5. The average molecular weight is 386 g/mol. The van der Waals surface area contributed by atoms with Crippen LogP contribution in [0.25, 0.3) is 0 Å². The number of thiazole rings is 1. The van der Waals surface area contributed by atoms with Gasteiger partial charge in [-0.25, -0.2) is 9.78 Å². The van der Waals surface area contributed by atoms with E-state index < -0.39 is 29.9 Å². The standard InChI is InChI=1S/C13H12ClN5O5S/c14-4-1-2-6-8(11(21)19(6)9(4)12(22)23)17-10(20)7(18-24)5-3-25-13(15)16-5/h3,6,8,24H,1-2H2,(H2,15,16)(H,17,20)(H,22,23)/b18-7-/t6-,8+/m1/s1. The highest BCUT2D eigenvalue weighted by molar-refractivity contribution is 7.13. The second kappa shape index (κ2) is 6.33. The molecule has 1 saturated heterocycles. The van der Waals surface area contributed by atoms with Crippen LogP contribution in [-0.4, -0.2) is 55.8 Å². The maximum absolute atomic E-state index is 12.3. The molecular formula is C13H12ClN5O5S. The van der Waals surface area contributed by atoms with Gasteiger partial charge in [0.2, 0.25) is 0 Å². The predicted octanol–water partition coefficient (Wildman–Crippen LogP) is -0.0720. The number of amides is 2. The van der Waals surface area contributed by atoms with Gasteiger partial charge in [-0.3, -0.25) is 14.5 Å². The molecule has 2 atom stereocenters. The molecule has 2 aliphatic rings. The molecule has 0 spiro atoms. The normalized spacial score (nSPS) is 23.2. The van der Waals surface area contributed by atoms with Crippen molar-refractivity contribution in [3.8, 4) is 0 Å². The number of nitrogens with one attached hydrogen (secondary N) is 1. The number of halogens is 1. The van der Waals surface area contributed by atoms with Crippen LogP contribution < -0.4 is 11.1 Å². The minimum Gasteiger partial charge on any atom is -0.477 e. The molecule has 12 heteroatoms. The Morgan fingerprint density at radius 2 is 2.24 bits per heavy atom. The Bertz CT molecular complexity index is 835. The fraction of sp³-hybridized carbons (Fsp3) is 0.308. The first kappa shape index (κ1) is 17.2. The molecule has 0 saturated carbocycles. The summed E-state index contributed by atoms with van der Waals surface area (Å²) in [4.78, 5) is 40.7. The zero-order valence-electron chi connectivity index (χ0n) is 12.5. The third kappa shape index (κ3) is 2.81. The molecule has 3 rings (SSSR count). The number of carbonyl (C=O) groups is 3. The van der Waals surface area contributed by atoms with Gasteiger partial charge in [0.1, 0.15) is 17.4 Å². The summed E-state index contributed by atoms with van der Waals surface area (Å²) in [5.41, 5.74) is 4.90. The summed E-state index contributed by atoms with van der Waals surface area (Å²) < 4.78 is 0. The maximum Gasteiger partial charge on any atom is 0.353 e. The van der Waals surface area contributed by atoms with Crippen molar-refractivity contribution in [2.45, 2.75) is 24.9 Å². The maximum atomic E-state index is 12.3. The second-order valence-electron chi connectivity index (χ2n) is 5.34. The van der Waals surface area contributed by atoms with Crippen molar-refractivity contribution >= 4 is 51.6 Å². The third-order valence-corrected chi connectivity index (χ3v) is 4.99. The molecule has 1 aromatic rings. The van der Waals surface area contributed by atoms with E-state index in [1.54, 1.807) is 0 Å². The highest BCUT2D eigenvalue weighted by Crippen LogP contribution is 2.38. The Hall–Kier alpha value is -2.66. The Morgan fingerprint density at radius 1 is 1.52 bits per heavy atom. The van der Waals surface area contributed by atoms with Gasteiger partial charge in [0.15, 0.2) is 10.8 Å². The zero-order valence-corrected chi connectivity index (χ0v) is 14.0. The van der Waals surface area contributed by atoms with Crippen LogP contribution in [0.5, 0.6) is 0 Å². The van der Waals surface area contributed by atoms with E-state index in [4.69, 9.17) is 22.5 Å². The molecule has 132 valence electrons. The number of nitrogens with two attached hydrogens (primary N) is 1. The lowest BCUT2D eigenvalue weighted by Crippen LogP contribution is -2.72. The van der Waals surface area contributed by atoms with Crippen molar-refractivity contribution in [2.24, 2.45) is 5.16 Å². The highest BCUT2D eigenvalue weighted by Gasteiger charge is 2.53. The molecule has 2 aliphatic heterocycles. The Kier molecular flexibility index (Phi) is 4.35. The average Bonchev–Trinajstić information content (AvgIpc) is 2.98. The Morgan fingerprint density at radius 3 is 2.80 bits per heavy atom. The van der Waals surface area contributed by atoms with Crippen LogP contribution in [0.1, 0.15) is 18.5 Å². The number of fused-ring (bicyclic) bond motifs is 1. The molecule has 10 nitrogen and oxygen atoms in total. The molecule has 0 aliphatic carbocycles. The summed E-state index contributed by atoms with van der Waals surface area (Å²) in [6.07, 6.45) is 0.690. The van der Waals surface area contributed by atoms with Gasteiger partial charge in [-0.2, -0.15) is 0 Å². The van der Waals surface area contributed by atoms with Crippen LogP contribution in [-0.2, 0) is 14.4 Å². The van der Waals surface area contributed by atoms with Gasteiger partial charge in [0.25, 0.3) is 11.8 Å². The fourth-order valence-electron chi connectivity index (χ4n) is 2.84. The first-order valence-corrected chi connectivity index (χ1v) is 8.30. The number of allylic oxidation sites excluding steroid dienone is 1. The smallest absolute Gasteiger partial charge is 0.353 e. The van der Waals surface area contributed by atoms with Crippen LogP contribution in [0.4, 0.5) is 5.13 Å². The summed E-state index contributed by atoms with van der Waals surface area (Å²) in [7, 11) is 0. The quantitative estimate of drug-likeness (QED) is 0.244. The van der Waals surface area contributed by atoms with E-state index in [1.165, 1.54) is 5.38 Å². The number of hydrogen-bond acceptors (Lipinski definition) is 8. The molecule has 1 aromatic heterocycles. The number of aromatic nitrogens is 1. The van der Waals surface area contributed by atoms with E-state index in [2.05, 4.69) is 15.5 Å². The predicted molar refractivity (Wildman–Crippen MR) is 87.2 cm³/mol. The number of oxime groups is 1. The number of rotatable bonds is 4. The van der Waals surface area contributed by atoms with Crippen LogP contribution in [0, 0.1) is 0 Å². The molecular weight excluding hydrogens is 374 g/mol. The van der Waals surface area contributed by atoms with Crippen molar-refractivity contribution < 1.29 is 24.7 Å².